The van der Waals surface area contributed by atoms with Crippen molar-refractivity contribution in [3.05, 3.63) is 58.1 Å². The number of amides is 1. The Morgan fingerprint density at radius 2 is 1.77 bits per heavy atom. The zero-order chi connectivity index (χ0) is 21.9. The molecule has 30 heavy (non-hydrogen) atoms. The van der Waals surface area contributed by atoms with Crippen LogP contribution < -0.4 is 15.4 Å². The van der Waals surface area contributed by atoms with Crippen LogP contribution in [0.1, 0.15) is 5.56 Å². The molecule has 0 radical (unpaired) electrons. The lowest BCUT2D eigenvalue weighted by molar-refractivity contribution is -0.132. The molecule has 1 aliphatic heterocycles. The molecule has 0 spiro atoms. The minimum absolute atomic E-state index is 0.122. The zero-order valence-corrected chi connectivity index (χ0v) is 18.8. The van der Waals surface area contributed by atoms with Gasteiger partial charge in [-0.25, -0.2) is 8.42 Å². The van der Waals surface area contributed by atoms with E-state index in [0.717, 1.165) is 17.5 Å². The molecule has 0 saturated carbocycles. The first-order valence-corrected chi connectivity index (χ1v) is 12.1. The van der Waals surface area contributed by atoms with Gasteiger partial charge in [0.1, 0.15) is 0 Å². The number of nitrogens with zero attached hydrogens (tertiary/aromatic N) is 2. The number of anilines is 2. The zero-order valence-electron chi connectivity index (χ0n) is 16.5. The van der Waals surface area contributed by atoms with Gasteiger partial charge in [0.15, 0.2) is 0 Å². The number of nitrogens with two attached hydrogens (primary N) is 1. The normalized spacial score (nSPS) is 15.7. The van der Waals surface area contributed by atoms with Gasteiger partial charge in [-0.1, -0.05) is 41.4 Å². The molecule has 0 bridgehead atoms. The minimum Gasteiger partial charge on any atom is -0.366 e. The summed E-state index contributed by atoms with van der Waals surface area (Å²) < 4.78 is 25.8. The highest BCUT2D eigenvalue weighted by atomic mass is 35.5. The van der Waals surface area contributed by atoms with Crippen molar-refractivity contribution in [3.8, 4) is 0 Å². The third kappa shape index (κ3) is 5.78. The van der Waals surface area contributed by atoms with Crippen LogP contribution in [0.4, 0.5) is 11.4 Å². The number of benzene rings is 2. The fraction of sp³-hybridized carbons (Fsp3) is 0.350. The molecule has 1 amide bonds. The van der Waals surface area contributed by atoms with E-state index in [4.69, 9.17) is 28.9 Å². The van der Waals surface area contributed by atoms with E-state index >= 15 is 0 Å². The van der Waals surface area contributed by atoms with Gasteiger partial charge >= 0.3 is 0 Å². The molecular weight excluding hydrogens is 447 g/mol. The molecule has 162 valence electrons. The average Bonchev–Trinajstić information content (AvgIpc) is 2.69. The lowest BCUT2D eigenvalue weighted by atomic mass is 10.1. The van der Waals surface area contributed by atoms with Crippen LogP contribution in [0.25, 0.3) is 0 Å². The standard InChI is InChI=1S/C20H24Cl2N4O3S/c1-30(28,29)24-18-4-2-3-5-19(18)25-8-10-26(11-9-25)20(27)17(23)13-14-6-7-15(21)16(22)12-14/h2-7,12,17,24H,8-11,13,23H2,1H3. The van der Waals surface area contributed by atoms with Gasteiger partial charge in [0.25, 0.3) is 0 Å². The van der Waals surface area contributed by atoms with Crippen LogP contribution in [0, 0.1) is 0 Å². The number of carbonyl (C=O) groups excluding carboxylic acids is 1. The second-order valence-corrected chi connectivity index (χ2v) is 9.83. The van der Waals surface area contributed by atoms with Crippen LogP contribution in [-0.4, -0.2) is 57.7 Å². The Hall–Kier alpha value is -2.00. The van der Waals surface area contributed by atoms with Crippen molar-refractivity contribution in [2.45, 2.75) is 12.5 Å². The van der Waals surface area contributed by atoms with Crippen molar-refractivity contribution in [2.75, 3.05) is 42.1 Å². The summed E-state index contributed by atoms with van der Waals surface area (Å²) in [5.41, 5.74) is 8.31. The fourth-order valence-corrected chi connectivity index (χ4v) is 4.34. The highest BCUT2D eigenvalue weighted by Crippen LogP contribution is 2.27. The molecule has 0 aromatic heterocycles. The molecule has 1 fully saturated rings. The predicted octanol–water partition coefficient (Wildman–Crippen LogP) is 2.58. The van der Waals surface area contributed by atoms with Crippen molar-refractivity contribution in [1.82, 2.24) is 4.90 Å². The van der Waals surface area contributed by atoms with Crippen LogP contribution in [0.3, 0.4) is 0 Å². The van der Waals surface area contributed by atoms with Crippen LogP contribution in [-0.2, 0) is 21.2 Å². The average molecular weight is 471 g/mol. The molecule has 10 heteroatoms. The maximum Gasteiger partial charge on any atom is 0.239 e. The van der Waals surface area contributed by atoms with Crippen molar-refractivity contribution < 1.29 is 13.2 Å². The van der Waals surface area contributed by atoms with Gasteiger partial charge in [0.05, 0.1) is 33.7 Å². The summed E-state index contributed by atoms with van der Waals surface area (Å²) in [6, 6.07) is 11.8. The summed E-state index contributed by atoms with van der Waals surface area (Å²) in [6.07, 6.45) is 1.49. The molecule has 1 aliphatic rings. The number of para-hydroxylation sites is 2. The maximum absolute atomic E-state index is 12.8. The number of halogens is 2. The summed E-state index contributed by atoms with van der Waals surface area (Å²) in [4.78, 5) is 16.6. The summed E-state index contributed by atoms with van der Waals surface area (Å²) in [5.74, 6) is -0.122. The minimum atomic E-state index is -3.38. The van der Waals surface area contributed by atoms with Crippen molar-refractivity contribution in [1.29, 1.82) is 0 Å². The van der Waals surface area contributed by atoms with E-state index in [9.17, 15) is 13.2 Å². The Kier molecular flexibility index (Phi) is 7.13. The Balaban J connectivity index is 1.61. The fourth-order valence-electron chi connectivity index (χ4n) is 3.45. The molecule has 3 N–H and O–H groups in total. The number of carbonyl (C=O) groups is 1. The highest BCUT2D eigenvalue weighted by molar-refractivity contribution is 7.92. The summed E-state index contributed by atoms with van der Waals surface area (Å²) >= 11 is 12.0. The van der Waals surface area contributed by atoms with Crippen LogP contribution >= 0.6 is 23.2 Å². The number of rotatable bonds is 6. The predicted molar refractivity (Wildman–Crippen MR) is 122 cm³/mol. The Morgan fingerprint density at radius 1 is 1.10 bits per heavy atom. The number of hydrogen-bond acceptors (Lipinski definition) is 5. The van der Waals surface area contributed by atoms with Gasteiger partial charge < -0.3 is 15.5 Å². The van der Waals surface area contributed by atoms with Crippen LogP contribution in [0.2, 0.25) is 10.0 Å². The summed E-state index contributed by atoms with van der Waals surface area (Å²) in [7, 11) is -3.38. The van der Waals surface area contributed by atoms with Gasteiger partial charge in [-0.3, -0.25) is 9.52 Å². The second kappa shape index (κ2) is 9.43. The highest BCUT2D eigenvalue weighted by Gasteiger charge is 2.26. The summed E-state index contributed by atoms with van der Waals surface area (Å²) in [5, 5.41) is 0.894. The molecular formula is C20H24Cl2N4O3S. The number of hydrogen-bond donors (Lipinski definition) is 2. The van der Waals surface area contributed by atoms with E-state index < -0.39 is 16.1 Å². The molecule has 1 saturated heterocycles. The first-order chi connectivity index (χ1) is 14.1. The Morgan fingerprint density at radius 3 is 2.40 bits per heavy atom. The van der Waals surface area contributed by atoms with Crippen molar-refractivity contribution in [2.24, 2.45) is 5.73 Å². The second-order valence-electron chi connectivity index (χ2n) is 7.26. The quantitative estimate of drug-likeness (QED) is 0.676. The van der Waals surface area contributed by atoms with E-state index in [1.807, 2.05) is 18.2 Å². The summed E-state index contributed by atoms with van der Waals surface area (Å²) in [6.45, 7) is 2.16. The molecule has 1 unspecified atom stereocenters. The molecule has 2 aromatic rings. The molecule has 0 aliphatic carbocycles. The molecule has 1 heterocycles. The van der Waals surface area contributed by atoms with Gasteiger partial charge in [0.2, 0.25) is 15.9 Å². The maximum atomic E-state index is 12.8. The first-order valence-electron chi connectivity index (χ1n) is 9.44. The molecule has 7 nitrogen and oxygen atoms in total. The van der Waals surface area contributed by atoms with Crippen LogP contribution in [0.15, 0.2) is 42.5 Å². The smallest absolute Gasteiger partial charge is 0.239 e. The molecule has 1 atom stereocenters. The van der Waals surface area contributed by atoms with Gasteiger partial charge in [0, 0.05) is 26.2 Å². The van der Waals surface area contributed by atoms with E-state index in [1.54, 1.807) is 29.2 Å². The van der Waals surface area contributed by atoms with Gasteiger partial charge in [-0.15, -0.1) is 0 Å². The largest absolute Gasteiger partial charge is 0.366 e. The number of sulfonamides is 1. The molecule has 3 rings (SSSR count). The monoisotopic (exact) mass is 470 g/mol. The SMILES string of the molecule is CS(=O)(=O)Nc1ccccc1N1CCN(C(=O)C(N)Cc2ccc(Cl)c(Cl)c2)CC1. The lowest BCUT2D eigenvalue weighted by Gasteiger charge is -2.37. The number of nitrogens with one attached hydrogen (secondary N) is 1. The van der Waals surface area contributed by atoms with Gasteiger partial charge in [-0.2, -0.15) is 0 Å². The topological polar surface area (TPSA) is 95.7 Å². The Labute approximate surface area is 186 Å². The Bertz CT molecular complexity index is 1020. The third-order valence-electron chi connectivity index (χ3n) is 4.89. The lowest BCUT2D eigenvalue weighted by Crippen LogP contribution is -2.53. The molecule has 2 aromatic carbocycles. The van der Waals surface area contributed by atoms with Crippen molar-refractivity contribution in [3.63, 3.8) is 0 Å². The number of piperazine rings is 1. The van der Waals surface area contributed by atoms with Crippen LogP contribution in [0.5, 0.6) is 0 Å². The van der Waals surface area contributed by atoms with E-state index in [-0.39, 0.29) is 5.91 Å². The van der Waals surface area contributed by atoms with Crippen molar-refractivity contribution >= 4 is 50.5 Å². The van der Waals surface area contributed by atoms with E-state index in [2.05, 4.69) is 9.62 Å². The third-order valence-corrected chi connectivity index (χ3v) is 6.22. The first kappa shape index (κ1) is 22.7. The van der Waals surface area contributed by atoms with E-state index in [1.165, 1.54) is 0 Å². The van der Waals surface area contributed by atoms with Gasteiger partial charge in [-0.05, 0) is 36.2 Å². The van der Waals surface area contributed by atoms with E-state index in [0.29, 0.717) is 48.3 Å².